The summed E-state index contributed by atoms with van der Waals surface area (Å²) in [6.45, 7) is 2.02. The fraction of sp³-hybridized carbons (Fsp3) is 0.0500. The lowest BCUT2D eigenvalue weighted by molar-refractivity contribution is 0.673. The van der Waals surface area contributed by atoms with E-state index < -0.39 is 20.7 Å². The van der Waals surface area contributed by atoms with Crippen LogP contribution in [-0.2, 0) is 0 Å². The van der Waals surface area contributed by atoms with E-state index in [-0.39, 0.29) is 12.0 Å². The number of fused-ring (bicyclic) bond motifs is 12. The first kappa shape index (κ1) is 39.2. The predicted molar refractivity (Wildman–Crippen MR) is 284 cm³/mol. The standard InChI is InChI=1S/C60H38IN5O/c1-2-3-5-14-37-23-27-52-46(31-37)47-32-40(38-15-6-4-7-16-38)34-61-60(47)66(52)58-49(36-63)39(35-62)24-28-55(58)65-53-29-25-41(64-50-20-11-8-17-42(50)43-18-9-12-21-51(43)64)33-48(53)57-54(65)30-26-45-44-19-10-13-22-56(44)67-59(45)57/h2-34,46,52H,1H3. The maximum atomic E-state index is 11.3. The molecule has 0 amide bonds. The van der Waals surface area contributed by atoms with Crippen LogP contribution in [0.15, 0.2) is 213 Å². The van der Waals surface area contributed by atoms with Crippen molar-refractivity contribution in [3.05, 3.63) is 226 Å². The second-order valence-electron chi connectivity index (χ2n) is 17.1. The molecule has 0 saturated carbocycles. The maximum Gasteiger partial charge on any atom is 0.145 e. The third-order valence-corrected chi connectivity index (χ3v) is 16.3. The first-order valence-corrected chi connectivity index (χ1v) is 24.8. The monoisotopic (exact) mass is 971 g/mol. The van der Waals surface area contributed by atoms with Crippen molar-refractivity contribution in [2.75, 3.05) is 4.90 Å². The Morgan fingerprint density at radius 2 is 1.40 bits per heavy atom. The zero-order chi connectivity index (χ0) is 44.8. The van der Waals surface area contributed by atoms with Gasteiger partial charge in [0.1, 0.15) is 23.3 Å². The Morgan fingerprint density at radius 1 is 0.672 bits per heavy atom. The number of nitrogens with zero attached hydrogens (tertiary/aromatic N) is 5. The third-order valence-electron chi connectivity index (χ3n) is 13.6. The highest BCUT2D eigenvalue weighted by atomic mass is 127. The number of benzene rings is 7. The summed E-state index contributed by atoms with van der Waals surface area (Å²) < 4.78 is 15.2. The number of hydrogen-bond donors (Lipinski definition) is 0. The summed E-state index contributed by atoms with van der Waals surface area (Å²) in [6.07, 6.45) is 17.6. The van der Waals surface area contributed by atoms with Crippen LogP contribution in [0.4, 0.5) is 5.69 Å². The Balaban J connectivity index is 1.11. The van der Waals surface area contributed by atoms with E-state index in [0.717, 1.165) is 77.4 Å². The van der Waals surface area contributed by atoms with E-state index in [4.69, 9.17) is 4.42 Å². The highest BCUT2D eigenvalue weighted by Crippen LogP contribution is 2.53. The molecule has 316 valence electrons. The van der Waals surface area contributed by atoms with E-state index in [0.29, 0.717) is 11.1 Å². The van der Waals surface area contributed by atoms with Crippen LogP contribution in [0, 0.1) is 28.6 Å². The Kier molecular flexibility index (Phi) is 9.03. The Labute approximate surface area is 396 Å². The SMILES string of the molecule is CC=CC=CC1=CC2C3=C(I=CC(c4ccccc4)=C3)N(c3c(-n4c5ccc(-n6c7ccccc7c7ccccc76)cc5c5c6oc7ccccc7c6ccc54)ccc(C#N)c3C#N)C2C=C1. The molecular formula is C60H38IN5O. The summed E-state index contributed by atoms with van der Waals surface area (Å²) in [7, 11) is 0. The topological polar surface area (TPSA) is 73.8 Å². The molecule has 13 rings (SSSR count). The molecule has 7 heteroatoms. The van der Waals surface area contributed by atoms with Crippen molar-refractivity contribution >= 4 is 102 Å². The summed E-state index contributed by atoms with van der Waals surface area (Å²) in [5.41, 5.74) is 14.0. The van der Waals surface area contributed by atoms with Crippen molar-refractivity contribution in [1.29, 1.82) is 10.5 Å². The number of anilines is 1. The van der Waals surface area contributed by atoms with E-state index in [1.165, 1.54) is 31.2 Å². The number of rotatable bonds is 6. The molecule has 0 bridgehead atoms. The van der Waals surface area contributed by atoms with Crippen molar-refractivity contribution in [3.63, 3.8) is 0 Å². The van der Waals surface area contributed by atoms with E-state index in [1.54, 1.807) is 0 Å². The van der Waals surface area contributed by atoms with Gasteiger partial charge in [0.2, 0.25) is 0 Å². The van der Waals surface area contributed by atoms with E-state index >= 15 is 0 Å². The lowest BCUT2D eigenvalue weighted by Crippen LogP contribution is -2.34. The molecule has 3 aromatic heterocycles. The Morgan fingerprint density at radius 3 is 2.18 bits per heavy atom. The first-order valence-electron chi connectivity index (χ1n) is 22.4. The summed E-state index contributed by atoms with van der Waals surface area (Å²) in [6, 6.07) is 55.9. The fourth-order valence-corrected chi connectivity index (χ4v) is 13.6. The number of nitriles is 2. The van der Waals surface area contributed by atoms with Gasteiger partial charge in [-0.1, -0.05) is 148 Å². The Bertz CT molecular complexity index is 4040. The smallest absolute Gasteiger partial charge is 0.145 e. The minimum Gasteiger partial charge on any atom is -0.455 e. The second kappa shape index (κ2) is 15.4. The fourth-order valence-electron chi connectivity index (χ4n) is 10.7. The number of para-hydroxylation sites is 3. The molecule has 2 atom stereocenters. The van der Waals surface area contributed by atoms with Crippen LogP contribution >= 0.6 is 20.7 Å². The molecule has 0 spiro atoms. The van der Waals surface area contributed by atoms with Gasteiger partial charge in [0, 0.05) is 38.5 Å². The Hall–Kier alpha value is -8.24. The maximum absolute atomic E-state index is 11.3. The van der Waals surface area contributed by atoms with Crippen LogP contribution in [0.3, 0.4) is 0 Å². The molecule has 7 aromatic carbocycles. The van der Waals surface area contributed by atoms with Crippen molar-refractivity contribution in [1.82, 2.24) is 9.13 Å². The van der Waals surface area contributed by atoms with Crippen LogP contribution < -0.4 is 4.90 Å². The van der Waals surface area contributed by atoms with Gasteiger partial charge in [-0.3, -0.25) is 0 Å². The highest BCUT2D eigenvalue weighted by molar-refractivity contribution is 14.2. The van der Waals surface area contributed by atoms with Gasteiger partial charge in [-0.05, 0) is 100.0 Å². The average Bonchev–Trinajstić information content (AvgIpc) is 4.12. The average molecular weight is 972 g/mol. The molecule has 67 heavy (non-hydrogen) atoms. The van der Waals surface area contributed by atoms with Crippen molar-refractivity contribution < 1.29 is 4.42 Å². The number of furan rings is 1. The van der Waals surface area contributed by atoms with Crippen molar-refractivity contribution in [2.24, 2.45) is 5.92 Å². The van der Waals surface area contributed by atoms with Gasteiger partial charge in [0.25, 0.3) is 0 Å². The van der Waals surface area contributed by atoms with Crippen molar-refractivity contribution in [2.45, 2.75) is 13.0 Å². The molecule has 0 N–H and O–H groups in total. The van der Waals surface area contributed by atoms with Crippen LogP contribution in [-0.4, -0.2) is 19.2 Å². The molecular weight excluding hydrogens is 934 g/mol. The summed E-state index contributed by atoms with van der Waals surface area (Å²) in [5, 5.41) is 28.5. The third kappa shape index (κ3) is 5.88. The zero-order valence-electron chi connectivity index (χ0n) is 36.2. The van der Waals surface area contributed by atoms with E-state index in [1.807, 2.05) is 31.2 Å². The van der Waals surface area contributed by atoms with Crippen LogP contribution in [0.1, 0.15) is 23.6 Å². The van der Waals surface area contributed by atoms with Crippen molar-refractivity contribution in [3.8, 4) is 23.5 Å². The van der Waals surface area contributed by atoms with Gasteiger partial charge < -0.3 is 18.5 Å². The molecule has 6 nitrogen and oxygen atoms in total. The number of hydrogen-bond acceptors (Lipinski definition) is 4. The van der Waals surface area contributed by atoms with Gasteiger partial charge in [0.05, 0.1) is 59.7 Å². The van der Waals surface area contributed by atoms with Crippen LogP contribution in [0.25, 0.3) is 82.5 Å². The van der Waals surface area contributed by atoms with Crippen LogP contribution in [0.5, 0.6) is 0 Å². The number of allylic oxidation sites excluding steroid dienone is 8. The van der Waals surface area contributed by atoms with Crippen LogP contribution in [0.2, 0.25) is 0 Å². The minimum atomic E-state index is -0.694. The molecule has 0 fully saturated rings. The second-order valence-corrected chi connectivity index (χ2v) is 19.4. The van der Waals surface area contributed by atoms with Gasteiger partial charge in [0.15, 0.2) is 0 Å². The molecule has 2 aliphatic heterocycles. The van der Waals surface area contributed by atoms with Gasteiger partial charge in [-0.2, -0.15) is 10.5 Å². The normalized spacial score (nSPS) is 17.0. The highest BCUT2D eigenvalue weighted by Gasteiger charge is 2.42. The summed E-state index contributed by atoms with van der Waals surface area (Å²) in [5.74, 6) is 0.0181. The molecule has 5 heterocycles. The largest absolute Gasteiger partial charge is 0.455 e. The molecule has 0 saturated heterocycles. The minimum absolute atomic E-state index is 0.0181. The number of halogens is 1. The lowest BCUT2D eigenvalue weighted by atomic mass is 9.86. The molecule has 3 aliphatic rings. The first-order chi connectivity index (χ1) is 33.1. The summed E-state index contributed by atoms with van der Waals surface area (Å²) >= 11 is -0.694. The quantitative estimate of drug-likeness (QED) is 0.0945. The van der Waals surface area contributed by atoms with Gasteiger partial charge >= 0.3 is 0 Å². The molecule has 2 unspecified atom stereocenters. The predicted octanol–water partition coefficient (Wildman–Crippen LogP) is 15.0. The molecule has 1 aliphatic carbocycles. The lowest BCUT2D eigenvalue weighted by Gasteiger charge is -2.33. The molecule has 0 radical (unpaired) electrons. The molecule has 10 aromatic rings. The van der Waals surface area contributed by atoms with Gasteiger partial charge in [-0.25, -0.2) is 0 Å². The zero-order valence-corrected chi connectivity index (χ0v) is 38.4. The van der Waals surface area contributed by atoms with E-state index in [2.05, 4.69) is 200 Å². The number of aromatic nitrogens is 2. The van der Waals surface area contributed by atoms with Gasteiger partial charge in [-0.15, -0.1) is 0 Å². The summed E-state index contributed by atoms with van der Waals surface area (Å²) in [4.78, 5) is 2.42. The van der Waals surface area contributed by atoms with E-state index in [9.17, 15) is 10.5 Å².